The number of nitrogen functional groups attached to an aromatic ring is 1. The molecular weight excluding hydrogens is 313 g/mol. The summed E-state index contributed by atoms with van der Waals surface area (Å²) in [5.74, 6) is -0.628. The van der Waals surface area contributed by atoms with Crippen molar-refractivity contribution in [3.63, 3.8) is 0 Å². The van der Waals surface area contributed by atoms with Crippen LogP contribution in [0.3, 0.4) is 0 Å². The zero-order valence-electron chi connectivity index (χ0n) is 10.9. The molecule has 0 saturated heterocycles. The van der Waals surface area contributed by atoms with Gasteiger partial charge in [0.15, 0.2) is 5.82 Å². The Morgan fingerprint density at radius 2 is 2.16 bits per heavy atom. The minimum Gasteiger partial charge on any atom is -0.395 e. The Kier molecular flexibility index (Phi) is 6.24. The molecule has 4 N–H and O–H groups in total. The minimum absolute atomic E-state index is 0.0325. The molecule has 0 spiro atoms. The van der Waals surface area contributed by atoms with Crippen LogP contribution in [0.25, 0.3) is 0 Å². The van der Waals surface area contributed by atoms with E-state index in [1.807, 2.05) is 0 Å². The lowest BCUT2D eigenvalue weighted by Crippen LogP contribution is -2.29. The molecule has 4 nitrogen and oxygen atoms in total. The van der Waals surface area contributed by atoms with Crippen LogP contribution in [0.5, 0.6) is 0 Å². The molecule has 0 radical (unpaired) electrons. The lowest BCUT2D eigenvalue weighted by Gasteiger charge is -2.25. The van der Waals surface area contributed by atoms with Gasteiger partial charge in [-0.15, -0.1) is 0 Å². The van der Waals surface area contributed by atoms with Crippen molar-refractivity contribution in [1.29, 1.82) is 5.41 Å². The van der Waals surface area contributed by atoms with E-state index in [-0.39, 0.29) is 16.9 Å². The summed E-state index contributed by atoms with van der Waals surface area (Å²) in [6.45, 7) is 3.08. The van der Waals surface area contributed by atoms with Crippen LogP contribution in [0.15, 0.2) is 16.6 Å². The quantitative estimate of drug-likeness (QED) is 0.530. The first-order valence-corrected chi connectivity index (χ1v) is 7.00. The molecule has 0 aromatic heterocycles. The van der Waals surface area contributed by atoms with E-state index in [1.165, 1.54) is 0 Å². The second-order valence-corrected chi connectivity index (χ2v) is 5.03. The second kappa shape index (κ2) is 7.45. The average molecular weight is 332 g/mol. The Balaban J connectivity index is 3.10. The number of unbranched alkanes of at least 4 members (excludes halogenated alkanes) is 1. The first-order chi connectivity index (χ1) is 9.02. The number of aliphatic hydroxyl groups is 1. The number of anilines is 1. The molecular formula is C13H19BrFN3O. The summed E-state index contributed by atoms with van der Waals surface area (Å²) in [5, 5.41) is 16.4. The number of nitrogens with one attached hydrogen (secondary N) is 1. The highest BCUT2D eigenvalue weighted by atomic mass is 79.9. The first kappa shape index (κ1) is 15.9. The number of halogens is 2. The Morgan fingerprint density at radius 3 is 2.68 bits per heavy atom. The monoisotopic (exact) mass is 331 g/mol. The van der Waals surface area contributed by atoms with Gasteiger partial charge in [0.1, 0.15) is 5.84 Å². The van der Waals surface area contributed by atoms with Crippen LogP contribution in [0, 0.1) is 11.2 Å². The highest BCUT2D eigenvalue weighted by Gasteiger charge is 2.17. The fourth-order valence-electron chi connectivity index (χ4n) is 1.81. The maximum atomic E-state index is 14.3. The molecule has 1 rings (SSSR count). The van der Waals surface area contributed by atoms with Gasteiger partial charge in [-0.05, 0) is 34.5 Å². The molecule has 0 unspecified atom stereocenters. The van der Waals surface area contributed by atoms with Gasteiger partial charge in [-0.3, -0.25) is 5.41 Å². The van der Waals surface area contributed by atoms with Gasteiger partial charge in [-0.1, -0.05) is 13.3 Å². The van der Waals surface area contributed by atoms with Crippen molar-refractivity contribution in [1.82, 2.24) is 0 Å². The molecule has 0 aliphatic carbocycles. The van der Waals surface area contributed by atoms with Gasteiger partial charge >= 0.3 is 0 Å². The van der Waals surface area contributed by atoms with Crippen molar-refractivity contribution >= 4 is 27.5 Å². The van der Waals surface area contributed by atoms with Crippen molar-refractivity contribution in [3.8, 4) is 0 Å². The number of benzene rings is 1. The lowest BCUT2D eigenvalue weighted by atomic mass is 10.1. The van der Waals surface area contributed by atoms with Crippen LogP contribution >= 0.6 is 15.9 Å². The number of hydrogen-bond donors (Lipinski definition) is 3. The molecule has 0 amide bonds. The fourth-order valence-corrected chi connectivity index (χ4v) is 2.36. The summed E-state index contributed by atoms with van der Waals surface area (Å²) in [5.41, 5.74) is 6.13. The van der Waals surface area contributed by atoms with E-state index in [9.17, 15) is 4.39 Å². The van der Waals surface area contributed by atoms with E-state index in [0.29, 0.717) is 24.3 Å². The van der Waals surface area contributed by atoms with Crippen molar-refractivity contribution in [2.24, 2.45) is 5.73 Å². The Labute approximate surface area is 121 Å². The largest absolute Gasteiger partial charge is 0.395 e. The van der Waals surface area contributed by atoms with Crippen LogP contribution in [0.1, 0.15) is 25.3 Å². The van der Waals surface area contributed by atoms with Crippen LogP contribution in [-0.2, 0) is 0 Å². The minimum atomic E-state index is -0.447. The molecule has 0 atom stereocenters. The van der Waals surface area contributed by atoms with Gasteiger partial charge < -0.3 is 15.7 Å². The molecule has 0 bridgehead atoms. The van der Waals surface area contributed by atoms with E-state index in [2.05, 4.69) is 22.9 Å². The molecule has 0 fully saturated rings. The van der Waals surface area contributed by atoms with Gasteiger partial charge in [0, 0.05) is 18.7 Å². The normalized spacial score (nSPS) is 10.5. The molecule has 0 saturated carbocycles. The number of nitrogens with zero attached hydrogens (tertiary/aromatic N) is 1. The predicted octanol–water partition coefficient (Wildman–Crippen LogP) is 2.47. The second-order valence-electron chi connectivity index (χ2n) is 4.24. The number of amidine groups is 1. The summed E-state index contributed by atoms with van der Waals surface area (Å²) in [4.78, 5) is 1.80. The van der Waals surface area contributed by atoms with Gasteiger partial charge in [0.25, 0.3) is 0 Å². The molecule has 1 aromatic carbocycles. The fraction of sp³-hybridized carbons (Fsp3) is 0.462. The molecule has 1 aromatic rings. The van der Waals surface area contributed by atoms with Crippen molar-refractivity contribution in [3.05, 3.63) is 28.0 Å². The molecule has 0 heterocycles. The molecule has 0 aliphatic heterocycles. The van der Waals surface area contributed by atoms with Crippen molar-refractivity contribution in [2.45, 2.75) is 19.8 Å². The van der Waals surface area contributed by atoms with Gasteiger partial charge in [-0.2, -0.15) is 0 Å². The summed E-state index contributed by atoms with van der Waals surface area (Å²) >= 11 is 3.13. The SMILES string of the molecule is CCCCN(CCO)c1ccc(C(=N)N)c(Br)c1F. The summed E-state index contributed by atoms with van der Waals surface area (Å²) < 4.78 is 14.5. The van der Waals surface area contributed by atoms with E-state index < -0.39 is 5.82 Å². The van der Waals surface area contributed by atoms with Crippen molar-refractivity contribution < 1.29 is 9.50 Å². The smallest absolute Gasteiger partial charge is 0.161 e. The zero-order chi connectivity index (χ0) is 14.4. The molecule has 19 heavy (non-hydrogen) atoms. The van der Waals surface area contributed by atoms with E-state index >= 15 is 0 Å². The number of aliphatic hydroxyl groups excluding tert-OH is 1. The third kappa shape index (κ3) is 3.91. The summed E-state index contributed by atoms with van der Waals surface area (Å²) in [7, 11) is 0. The van der Waals surface area contributed by atoms with Crippen LogP contribution in [0.4, 0.5) is 10.1 Å². The standard InChI is InChI=1S/C13H19BrFN3O/c1-2-3-6-18(7-8-19)10-5-4-9(13(16)17)11(14)12(10)15/h4-5,19H,2-3,6-8H2,1H3,(H3,16,17). The average Bonchev–Trinajstić information content (AvgIpc) is 2.37. The van der Waals surface area contributed by atoms with Crippen LogP contribution < -0.4 is 10.6 Å². The van der Waals surface area contributed by atoms with Gasteiger partial charge in [0.05, 0.1) is 16.8 Å². The predicted molar refractivity (Wildman–Crippen MR) is 79.3 cm³/mol. The Morgan fingerprint density at radius 1 is 1.47 bits per heavy atom. The number of nitrogens with two attached hydrogens (primary N) is 1. The maximum Gasteiger partial charge on any atom is 0.161 e. The summed E-state index contributed by atoms with van der Waals surface area (Å²) in [6, 6.07) is 3.21. The Hall–Kier alpha value is -1.14. The highest BCUT2D eigenvalue weighted by molar-refractivity contribution is 9.10. The topological polar surface area (TPSA) is 73.3 Å². The van der Waals surface area contributed by atoms with E-state index in [4.69, 9.17) is 16.2 Å². The molecule has 0 aliphatic rings. The maximum absolute atomic E-state index is 14.3. The third-order valence-electron chi connectivity index (χ3n) is 2.84. The van der Waals surface area contributed by atoms with Crippen LogP contribution in [-0.4, -0.2) is 30.6 Å². The van der Waals surface area contributed by atoms with E-state index in [1.54, 1.807) is 17.0 Å². The lowest BCUT2D eigenvalue weighted by molar-refractivity contribution is 0.301. The van der Waals surface area contributed by atoms with Crippen LogP contribution in [0.2, 0.25) is 0 Å². The number of rotatable bonds is 7. The third-order valence-corrected chi connectivity index (χ3v) is 3.62. The highest BCUT2D eigenvalue weighted by Crippen LogP contribution is 2.29. The number of hydrogen-bond acceptors (Lipinski definition) is 3. The van der Waals surface area contributed by atoms with Crippen molar-refractivity contribution in [2.75, 3.05) is 24.6 Å². The Bertz CT molecular complexity index is 454. The first-order valence-electron chi connectivity index (χ1n) is 6.21. The zero-order valence-corrected chi connectivity index (χ0v) is 12.5. The summed E-state index contributed by atoms with van der Waals surface area (Å²) in [6.07, 6.45) is 1.92. The van der Waals surface area contributed by atoms with Gasteiger partial charge in [-0.25, -0.2) is 4.39 Å². The molecule has 6 heteroatoms. The molecule has 106 valence electrons. The van der Waals surface area contributed by atoms with E-state index in [0.717, 1.165) is 12.8 Å². The van der Waals surface area contributed by atoms with Gasteiger partial charge in [0.2, 0.25) is 0 Å².